The molecule has 0 aromatic carbocycles. The average molecular weight is 265 g/mol. The molecule has 0 aromatic rings. The van der Waals surface area contributed by atoms with Gasteiger partial charge in [-0.3, -0.25) is 4.90 Å². The summed E-state index contributed by atoms with van der Waals surface area (Å²) in [6.45, 7) is 5.91. The molecule has 3 fully saturated rings. The van der Waals surface area contributed by atoms with Crippen molar-refractivity contribution in [2.24, 2.45) is 17.8 Å². The molecule has 1 saturated heterocycles. The van der Waals surface area contributed by atoms with Gasteiger partial charge in [0.2, 0.25) is 0 Å². The van der Waals surface area contributed by atoms with E-state index in [1.807, 2.05) is 0 Å². The molecule has 2 heteroatoms. The Morgan fingerprint density at radius 3 is 2.47 bits per heavy atom. The Labute approximate surface area is 118 Å². The van der Waals surface area contributed by atoms with E-state index in [0.717, 1.165) is 18.4 Å². The summed E-state index contributed by atoms with van der Waals surface area (Å²) in [5.74, 6) is 2.30. The molecule has 0 aromatic heterocycles. The van der Waals surface area contributed by atoms with E-state index in [1.54, 1.807) is 0 Å². The summed E-state index contributed by atoms with van der Waals surface area (Å²) >= 11 is 0. The fourth-order valence-electron chi connectivity index (χ4n) is 5.38. The summed E-state index contributed by atoms with van der Waals surface area (Å²) in [4.78, 5) is 2.74. The van der Waals surface area contributed by atoms with Gasteiger partial charge in [-0.05, 0) is 62.8 Å². The smallest absolute Gasteiger partial charge is 0.0700 e. The molecular formula is C17H31NO. The summed E-state index contributed by atoms with van der Waals surface area (Å²) < 4.78 is 0. The zero-order valence-electron chi connectivity index (χ0n) is 12.7. The minimum Gasteiger partial charge on any atom is -0.391 e. The summed E-state index contributed by atoms with van der Waals surface area (Å²) in [5.41, 5.74) is 0. The lowest BCUT2D eigenvalue weighted by atomic mass is 9.72. The molecule has 6 atom stereocenters. The molecule has 6 unspecified atom stereocenters. The summed E-state index contributed by atoms with van der Waals surface area (Å²) in [5, 5.41) is 10.6. The molecule has 1 N–H and O–H groups in total. The Balaban J connectivity index is 1.75. The summed E-state index contributed by atoms with van der Waals surface area (Å²) in [6.07, 6.45) is 10.7. The van der Waals surface area contributed by atoms with Crippen molar-refractivity contribution in [1.82, 2.24) is 4.90 Å². The lowest BCUT2D eigenvalue weighted by Gasteiger charge is -2.52. The van der Waals surface area contributed by atoms with Crippen molar-refractivity contribution in [3.8, 4) is 0 Å². The van der Waals surface area contributed by atoms with Gasteiger partial charge in [-0.1, -0.05) is 26.7 Å². The first kappa shape index (κ1) is 13.9. The SMILES string of the molecule is CC1CC(C)C(N2CCCC3CCCCC32)C(O)C1. The molecule has 3 rings (SSSR count). The molecule has 2 nitrogen and oxygen atoms in total. The van der Waals surface area contributed by atoms with Crippen LogP contribution >= 0.6 is 0 Å². The second-order valence-corrected chi connectivity index (χ2v) is 7.60. The van der Waals surface area contributed by atoms with Crippen LogP contribution in [0.5, 0.6) is 0 Å². The highest BCUT2D eigenvalue weighted by molar-refractivity contribution is 4.96. The molecule has 0 spiro atoms. The van der Waals surface area contributed by atoms with Crippen LogP contribution in [0.4, 0.5) is 0 Å². The van der Waals surface area contributed by atoms with Gasteiger partial charge in [-0.2, -0.15) is 0 Å². The van der Waals surface area contributed by atoms with Crippen LogP contribution in [-0.4, -0.2) is 34.7 Å². The van der Waals surface area contributed by atoms with Crippen LogP contribution in [0.2, 0.25) is 0 Å². The van der Waals surface area contributed by atoms with Gasteiger partial charge in [-0.25, -0.2) is 0 Å². The largest absolute Gasteiger partial charge is 0.391 e. The molecule has 19 heavy (non-hydrogen) atoms. The van der Waals surface area contributed by atoms with Crippen molar-refractivity contribution in [2.75, 3.05) is 6.54 Å². The van der Waals surface area contributed by atoms with Crippen molar-refractivity contribution in [3.63, 3.8) is 0 Å². The molecule has 0 bridgehead atoms. The van der Waals surface area contributed by atoms with E-state index in [9.17, 15) is 5.11 Å². The maximum Gasteiger partial charge on any atom is 0.0700 e. The number of aliphatic hydroxyl groups is 1. The Morgan fingerprint density at radius 2 is 1.68 bits per heavy atom. The van der Waals surface area contributed by atoms with Gasteiger partial charge in [-0.15, -0.1) is 0 Å². The van der Waals surface area contributed by atoms with Gasteiger partial charge in [0.15, 0.2) is 0 Å². The molecule has 1 heterocycles. The van der Waals surface area contributed by atoms with Gasteiger partial charge >= 0.3 is 0 Å². The van der Waals surface area contributed by atoms with Crippen molar-refractivity contribution in [3.05, 3.63) is 0 Å². The number of fused-ring (bicyclic) bond motifs is 1. The third-order valence-corrected chi connectivity index (χ3v) is 6.06. The number of aliphatic hydroxyl groups excluding tert-OH is 1. The highest BCUT2D eigenvalue weighted by Crippen LogP contribution is 2.41. The predicted molar refractivity (Wildman–Crippen MR) is 79.0 cm³/mol. The van der Waals surface area contributed by atoms with E-state index in [-0.39, 0.29) is 6.10 Å². The monoisotopic (exact) mass is 265 g/mol. The van der Waals surface area contributed by atoms with Crippen LogP contribution in [0.1, 0.15) is 65.2 Å². The van der Waals surface area contributed by atoms with Crippen molar-refractivity contribution < 1.29 is 5.11 Å². The number of likely N-dealkylation sites (tertiary alicyclic amines) is 1. The Kier molecular flexibility index (Phi) is 4.19. The number of hydrogen-bond donors (Lipinski definition) is 1. The number of rotatable bonds is 1. The fraction of sp³-hybridized carbons (Fsp3) is 1.00. The van der Waals surface area contributed by atoms with Crippen molar-refractivity contribution in [2.45, 2.75) is 83.4 Å². The first-order chi connectivity index (χ1) is 9.16. The number of hydrogen-bond acceptors (Lipinski definition) is 2. The second-order valence-electron chi connectivity index (χ2n) is 7.60. The highest BCUT2D eigenvalue weighted by atomic mass is 16.3. The molecule has 3 aliphatic rings. The topological polar surface area (TPSA) is 23.5 Å². The first-order valence-electron chi connectivity index (χ1n) is 8.60. The van der Waals surface area contributed by atoms with Crippen LogP contribution in [0.15, 0.2) is 0 Å². The zero-order valence-corrected chi connectivity index (χ0v) is 12.7. The molecule has 2 aliphatic carbocycles. The van der Waals surface area contributed by atoms with Gasteiger partial charge in [0.05, 0.1) is 6.10 Å². The lowest BCUT2D eigenvalue weighted by molar-refractivity contribution is -0.0735. The lowest BCUT2D eigenvalue weighted by Crippen LogP contribution is -2.59. The van der Waals surface area contributed by atoms with E-state index < -0.39 is 0 Å². The second kappa shape index (κ2) is 5.73. The quantitative estimate of drug-likeness (QED) is 0.785. The third-order valence-electron chi connectivity index (χ3n) is 6.06. The minimum absolute atomic E-state index is 0.0839. The number of nitrogens with zero attached hydrogens (tertiary/aromatic N) is 1. The average Bonchev–Trinajstić information content (AvgIpc) is 2.38. The highest BCUT2D eigenvalue weighted by Gasteiger charge is 2.43. The van der Waals surface area contributed by atoms with Crippen LogP contribution < -0.4 is 0 Å². The van der Waals surface area contributed by atoms with Crippen LogP contribution in [0, 0.1) is 17.8 Å². The molecular weight excluding hydrogens is 234 g/mol. The van der Waals surface area contributed by atoms with Gasteiger partial charge in [0, 0.05) is 12.1 Å². The Hall–Kier alpha value is -0.0800. The van der Waals surface area contributed by atoms with Gasteiger partial charge in [0.1, 0.15) is 0 Å². The maximum absolute atomic E-state index is 10.6. The van der Waals surface area contributed by atoms with Crippen molar-refractivity contribution in [1.29, 1.82) is 0 Å². The van der Waals surface area contributed by atoms with E-state index in [1.165, 1.54) is 51.5 Å². The molecule has 1 aliphatic heterocycles. The standard InChI is InChI=1S/C17H31NO/c1-12-10-13(2)17(16(19)11-12)18-9-5-7-14-6-3-4-8-15(14)18/h12-17,19H,3-11H2,1-2H3. The molecule has 0 amide bonds. The van der Waals surface area contributed by atoms with Crippen molar-refractivity contribution >= 4 is 0 Å². The molecule has 110 valence electrons. The fourth-order valence-corrected chi connectivity index (χ4v) is 5.38. The maximum atomic E-state index is 10.6. The summed E-state index contributed by atoms with van der Waals surface area (Å²) in [6, 6.07) is 1.24. The van der Waals surface area contributed by atoms with E-state index >= 15 is 0 Å². The summed E-state index contributed by atoms with van der Waals surface area (Å²) in [7, 11) is 0. The minimum atomic E-state index is -0.0839. The van der Waals surface area contributed by atoms with E-state index in [0.29, 0.717) is 17.9 Å². The number of piperidine rings is 1. The normalized spacial score (nSPS) is 48.8. The molecule has 2 saturated carbocycles. The first-order valence-corrected chi connectivity index (χ1v) is 8.60. The molecule has 0 radical (unpaired) electrons. The van der Waals surface area contributed by atoms with E-state index in [2.05, 4.69) is 18.7 Å². The Bertz CT molecular complexity index is 292. The van der Waals surface area contributed by atoms with Crippen LogP contribution in [0.25, 0.3) is 0 Å². The van der Waals surface area contributed by atoms with Crippen LogP contribution in [-0.2, 0) is 0 Å². The predicted octanol–water partition coefficient (Wildman–Crippen LogP) is 3.44. The third kappa shape index (κ3) is 2.71. The van der Waals surface area contributed by atoms with E-state index in [4.69, 9.17) is 0 Å². The Morgan fingerprint density at radius 1 is 0.947 bits per heavy atom. The van der Waals surface area contributed by atoms with Gasteiger partial charge < -0.3 is 5.11 Å². The zero-order chi connectivity index (χ0) is 13.4. The van der Waals surface area contributed by atoms with Crippen LogP contribution in [0.3, 0.4) is 0 Å². The van der Waals surface area contributed by atoms with Gasteiger partial charge in [0.25, 0.3) is 0 Å².